The summed E-state index contributed by atoms with van der Waals surface area (Å²) >= 11 is 1.81. The fraction of sp³-hybridized carbons (Fsp3) is 0.375. The molecular formula is C16H16N2OS. The summed E-state index contributed by atoms with van der Waals surface area (Å²) in [6, 6.07) is 5.75. The van der Waals surface area contributed by atoms with Gasteiger partial charge in [0.05, 0.1) is 12.3 Å². The smallest absolute Gasteiger partial charge is 0.189 e. The Morgan fingerprint density at radius 3 is 2.85 bits per heavy atom. The summed E-state index contributed by atoms with van der Waals surface area (Å²) in [5, 5.41) is 0. The summed E-state index contributed by atoms with van der Waals surface area (Å²) in [4.78, 5) is 18.8. The van der Waals surface area contributed by atoms with Crippen molar-refractivity contribution in [2.45, 2.75) is 36.3 Å². The van der Waals surface area contributed by atoms with Crippen LogP contribution in [0.4, 0.5) is 11.4 Å². The van der Waals surface area contributed by atoms with Gasteiger partial charge in [-0.05, 0) is 26.3 Å². The average Bonchev–Trinajstić information content (AvgIpc) is 2.82. The molecular weight excluding hydrogens is 268 g/mol. The van der Waals surface area contributed by atoms with Crippen LogP contribution in [0.15, 0.2) is 34.9 Å². The number of allylic oxidation sites excluding steroid dienone is 2. The zero-order chi connectivity index (χ0) is 14.3. The molecule has 0 spiro atoms. The molecule has 1 aromatic carbocycles. The molecule has 0 amide bonds. The van der Waals surface area contributed by atoms with E-state index in [0.29, 0.717) is 12.1 Å². The van der Waals surface area contributed by atoms with Crippen molar-refractivity contribution >= 4 is 28.9 Å². The summed E-state index contributed by atoms with van der Waals surface area (Å²) in [6.45, 7) is 12.3. The van der Waals surface area contributed by atoms with Crippen LogP contribution >= 0.6 is 11.8 Å². The SMILES string of the molecule is [C-]#[N+]c1ccc2c(c1)N(C1=CCCC1=O)CC(C)(C)S2. The van der Waals surface area contributed by atoms with Gasteiger partial charge in [-0.15, -0.1) is 11.8 Å². The molecule has 0 saturated heterocycles. The molecule has 1 aromatic rings. The Balaban J connectivity index is 2.11. The van der Waals surface area contributed by atoms with E-state index >= 15 is 0 Å². The topological polar surface area (TPSA) is 24.7 Å². The van der Waals surface area contributed by atoms with E-state index in [1.807, 2.05) is 36.0 Å². The van der Waals surface area contributed by atoms with Crippen molar-refractivity contribution in [3.05, 3.63) is 41.4 Å². The lowest BCUT2D eigenvalue weighted by atomic mass is 10.1. The molecule has 0 atom stereocenters. The van der Waals surface area contributed by atoms with Crippen molar-refractivity contribution in [1.82, 2.24) is 0 Å². The maximum absolute atomic E-state index is 12.1. The van der Waals surface area contributed by atoms with Crippen LogP contribution in [0.25, 0.3) is 4.85 Å². The van der Waals surface area contributed by atoms with Gasteiger partial charge in [0, 0.05) is 28.3 Å². The molecule has 0 aromatic heterocycles. The first kappa shape index (κ1) is 13.3. The second kappa shape index (κ2) is 4.68. The van der Waals surface area contributed by atoms with E-state index in [1.54, 1.807) is 0 Å². The Bertz CT molecular complexity index is 655. The monoisotopic (exact) mass is 284 g/mol. The van der Waals surface area contributed by atoms with Crippen molar-refractivity contribution in [3.8, 4) is 0 Å². The molecule has 1 heterocycles. The van der Waals surface area contributed by atoms with Crippen molar-refractivity contribution in [2.24, 2.45) is 0 Å². The molecule has 0 fully saturated rings. The zero-order valence-corrected chi connectivity index (χ0v) is 12.5. The third kappa shape index (κ3) is 2.23. The van der Waals surface area contributed by atoms with Gasteiger partial charge < -0.3 is 4.90 Å². The highest BCUT2D eigenvalue weighted by Crippen LogP contribution is 2.47. The summed E-state index contributed by atoms with van der Waals surface area (Å²) in [5.74, 6) is 0.215. The first-order valence-corrected chi connectivity index (χ1v) is 7.53. The quantitative estimate of drug-likeness (QED) is 0.723. The molecule has 0 radical (unpaired) electrons. The Hall–Kier alpha value is -1.73. The number of fused-ring (bicyclic) bond motifs is 1. The van der Waals surface area contributed by atoms with E-state index < -0.39 is 0 Å². The molecule has 1 aliphatic heterocycles. The van der Waals surface area contributed by atoms with E-state index in [0.717, 1.165) is 29.2 Å². The Kier molecular flexibility index (Phi) is 3.10. The van der Waals surface area contributed by atoms with Gasteiger partial charge in [0.15, 0.2) is 11.5 Å². The van der Waals surface area contributed by atoms with Crippen LogP contribution in [-0.2, 0) is 4.79 Å². The summed E-state index contributed by atoms with van der Waals surface area (Å²) in [5.41, 5.74) is 2.44. The number of hydrogen-bond acceptors (Lipinski definition) is 3. The van der Waals surface area contributed by atoms with Crippen LogP contribution in [0.2, 0.25) is 0 Å². The Labute approximate surface area is 123 Å². The predicted molar refractivity (Wildman–Crippen MR) is 82.3 cm³/mol. The van der Waals surface area contributed by atoms with E-state index in [4.69, 9.17) is 6.57 Å². The molecule has 3 nitrogen and oxygen atoms in total. The van der Waals surface area contributed by atoms with Gasteiger partial charge >= 0.3 is 0 Å². The predicted octanol–water partition coefficient (Wildman–Crippen LogP) is 4.17. The molecule has 102 valence electrons. The van der Waals surface area contributed by atoms with Crippen LogP contribution in [0.1, 0.15) is 26.7 Å². The van der Waals surface area contributed by atoms with Gasteiger partial charge in [0.1, 0.15) is 0 Å². The maximum Gasteiger partial charge on any atom is 0.189 e. The third-order valence-electron chi connectivity index (χ3n) is 3.57. The average molecular weight is 284 g/mol. The molecule has 0 unspecified atom stereocenters. The van der Waals surface area contributed by atoms with Crippen LogP contribution in [0, 0.1) is 6.57 Å². The molecule has 0 bridgehead atoms. The molecule has 4 heteroatoms. The van der Waals surface area contributed by atoms with Crippen LogP contribution in [0.3, 0.4) is 0 Å². The normalized spacial score (nSPS) is 20.4. The Morgan fingerprint density at radius 1 is 1.40 bits per heavy atom. The van der Waals surface area contributed by atoms with Gasteiger partial charge in [0.2, 0.25) is 0 Å². The largest absolute Gasteiger partial charge is 0.338 e. The number of hydrogen-bond donors (Lipinski definition) is 0. The summed E-state index contributed by atoms with van der Waals surface area (Å²) in [7, 11) is 0. The van der Waals surface area contributed by atoms with Crippen molar-refractivity contribution in [1.29, 1.82) is 0 Å². The van der Waals surface area contributed by atoms with Gasteiger partial charge in [-0.3, -0.25) is 4.79 Å². The number of carbonyl (C=O) groups is 1. The molecule has 1 aliphatic carbocycles. The first-order chi connectivity index (χ1) is 9.50. The minimum atomic E-state index is 0.0519. The highest BCUT2D eigenvalue weighted by atomic mass is 32.2. The number of benzene rings is 1. The van der Waals surface area contributed by atoms with Crippen molar-refractivity contribution < 1.29 is 4.79 Å². The fourth-order valence-corrected chi connectivity index (χ4v) is 3.92. The van der Waals surface area contributed by atoms with Gasteiger partial charge in [0.25, 0.3) is 0 Å². The number of rotatable bonds is 1. The Morgan fingerprint density at radius 2 is 2.20 bits per heavy atom. The second-order valence-corrected chi connectivity index (χ2v) is 7.51. The lowest BCUT2D eigenvalue weighted by Gasteiger charge is -2.40. The van der Waals surface area contributed by atoms with Crippen LogP contribution in [-0.4, -0.2) is 17.1 Å². The number of nitrogens with zero attached hydrogens (tertiary/aromatic N) is 2. The van der Waals surface area contributed by atoms with Crippen molar-refractivity contribution in [2.75, 3.05) is 11.4 Å². The van der Waals surface area contributed by atoms with Gasteiger partial charge in [-0.2, -0.15) is 0 Å². The number of carbonyl (C=O) groups excluding carboxylic acids is 1. The number of ketones is 1. The van der Waals surface area contributed by atoms with Crippen LogP contribution in [0.5, 0.6) is 0 Å². The maximum atomic E-state index is 12.1. The van der Waals surface area contributed by atoms with Gasteiger partial charge in [-0.25, -0.2) is 4.85 Å². The number of thioether (sulfide) groups is 1. The second-order valence-electron chi connectivity index (χ2n) is 5.76. The van der Waals surface area contributed by atoms with Crippen molar-refractivity contribution in [3.63, 3.8) is 0 Å². The minimum absolute atomic E-state index is 0.0519. The molecule has 3 rings (SSSR count). The molecule has 20 heavy (non-hydrogen) atoms. The number of anilines is 1. The first-order valence-electron chi connectivity index (χ1n) is 6.72. The molecule has 2 aliphatic rings. The van der Waals surface area contributed by atoms with Gasteiger partial charge in [-0.1, -0.05) is 18.2 Å². The lowest BCUT2D eigenvalue weighted by Crippen LogP contribution is -2.40. The highest BCUT2D eigenvalue weighted by molar-refractivity contribution is 8.00. The highest BCUT2D eigenvalue weighted by Gasteiger charge is 2.35. The van der Waals surface area contributed by atoms with Crippen LogP contribution < -0.4 is 4.90 Å². The van der Waals surface area contributed by atoms with E-state index in [9.17, 15) is 4.79 Å². The number of Topliss-reactive ketones (excluding diaryl/α,β-unsaturated/α-hetero) is 1. The van der Waals surface area contributed by atoms with E-state index in [2.05, 4.69) is 23.6 Å². The molecule has 0 saturated carbocycles. The fourth-order valence-electron chi connectivity index (χ4n) is 2.73. The minimum Gasteiger partial charge on any atom is -0.338 e. The summed E-state index contributed by atoms with van der Waals surface area (Å²) in [6.07, 6.45) is 3.47. The standard InChI is InChI=1S/C16H16N2OS/c1-16(2)10-18(12-5-4-6-14(12)19)13-9-11(17-3)7-8-15(13)20-16/h5,7-9H,4,6,10H2,1-2H3. The third-order valence-corrected chi connectivity index (χ3v) is 4.82. The molecule has 0 N–H and O–H groups in total. The lowest BCUT2D eigenvalue weighted by molar-refractivity contribution is -0.115. The zero-order valence-electron chi connectivity index (χ0n) is 11.6. The summed E-state index contributed by atoms with van der Waals surface area (Å²) < 4.78 is 0.0519. The van der Waals surface area contributed by atoms with E-state index in [-0.39, 0.29) is 10.5 Å². The van der Waals surface area contributed by atoms with E-state index in [1.165, 1.54) is 0 Å².